The first-order valence-electron chi connectivity index (χ1n) is 7.26. The molecule has 2 N–H and O–H groups in total. The molecule has 0 bridgehead atoms. The van der Waals surface area contributed by atoms with E-state index >= 15 is 0 Å². The van der Waals surface area contributed by atoms with Crippen molar-refractivity contribution < 1.29 is 19.4 Å². The van der Waals surface area contributed by atoms with Crippen LogP contribution in [-0.2, 0) is 27.7 Å². The van der Waals surface area contributed by atoms with Gasteiger partial charge in [0, 0.05) is 26.3 Å². The standard InChI is InChI=1S/C14H23N3O4/c1-17-9-11(8-15-17)2-3-14(19)16-12-4-6-20-10-13(12)21-7-5-18/h8-9,12-13,18H,2-7,10H2,1H3,(H,16,19)/t12-,13-/m1/s1. The van der Waals surface area contributed by atoms with Crippen LogP contribution in [0, 0.1) is 0 Å². The van der Waals surface area contributed by atoms with Crippen molar-refractivity contribution in [2.24, 2.45) is 7.05 Å². The molecule has 1 fully saturated rings. The number of aliphatic hydroxyl groups is 1. The van der Waals surface area contributed by atoms with Gasteiger partial charge in [-0.05, 0) is 18.4 Å². The molecule has 2 heterocycles. The van der Waals surface area contributed by atoms with Gasteiger partial charge in [-0.15, -0.1) is 0 Å². The fourth-order valence-corrected chi connectivity index (χ4v) is 2.38. The van der Waals surface area contributed by atoms with Gasteiger partial charge in [-0.2, -0.15) is 5.10 Å². The molecule has 7 nitrogen and oxygen atoms in total. The average molecular weight is 297 g/mol. The van der Waals surface area contributed by atoms with E-state index < -0.39 is 0 Å². The lowest BCUT2D eigenvalue weighted by Crippen LogP contribution is -2.50. The topological polar surface area (TPSA) is 85.6 Å². The van der Waals surface area contributed by atoms with Gasteiger partial charge < -0.3 is 19.9 Å². The summed E-state index contributed by atoms with van der Waals surface area (Å²) in [7, 11) is 1.86. The van der Waals surface area contributed by atoms with Crippen LogP contribution in [0.2, 0.25) is 0 Å². The molecule has 21 heavy (non-hydrogen) atoms. The summed E-state index contributed by atoms with van der Waals surface area (Å²) in [6, 6.07) is -0.0494. The van der Waals surface area contributed by atoms with Crippen LogP contribution in [0.4, 0.5) is 0 Å². The fourth-order valence-electron chi connectivity index (χ4n) is 2.38. The number of carbonyl (C=O) groups is 1. The molecule has 118 valence electrons. The summed E-state index contributed by atoms with van der Waals surface area (Å²) < 4.78 is 12.6. The molecule has 2 rings (SSSR count). The van der Waals surface area contributed by atoms with E-state index in [1.54, 1.807) is 10.9 Å². The maximum atomic E-state index is 12.0. The Hall–Kier alpha value is -1.44. The maximum absolute atomic E-state index is 12.0. The zero-order valence-corrected chi connectivity index (χ0v) is 12.3. The van der Waals surface area contributed by atoms with Gasteiger partial charge in [0.1, 0.15) is 6.10 Å². The van der Waals surface area contributed by atoms with Crippen LogP contribution in [0.25, 0.3) is 0 Å². The smallest absolute Gasteiger partial charge is 0.220 e. The molecule has 2 atom stereocenters. The quantitative estimate of drug-likeness (QED) is 0.717. The minimum Gasteiger partial charge on any atom is -0.394 e. The lowest BCUT2D eigenvalue weighted by molar-refractivity contribution is -0.126. The SMILES string of the molecule is Cn1cc(CCC(=O)N[C@@H]2CCOC[C@H]2OCCO)cn1. The van der Waals surface area contributed by atoms with Crippen LogP contribution < -0.4 is 5.32 Å². The molecule has 0 radical (unpaired) electrons. The number of aryl methyl sites for hydroxylation is 2. The summed E-state index contributed by atoms with van der Waals surface area (Å²) in [4.78, 5) is 12.0. The van der Waals surface area contributed by atoms with Crippen molar-refractivity contribution in [1.29, 1.82) is 0 Å². The number of ether oxygens (including phenoxy) is 2. The van der Waals surface area contributed by atoms with Gasteiger partial charge in [0.25, 0.3) is 0 Å². The number of nitrogens with zero attached hydrogens (tertiary/aromatic N) is 2. The third kappa shape index (κ3) is 5.11. The Morgan fingerprint density at radius 1 is 1.67 bits per heavy atom. The highest BCUT2D eigenvalue weighted by molar-refractivity contribution is 5.76. The van der Waals surface area contributed by atoms with Crippen molar-refractivity contribution in [2.75, 3.05) is 26.4 Å². The zero-order valence-electron chi connectivity index (χ0n) is 12.3. The Kier molecular flexibility index (Phi) is 6.16. The number of nitrogens with one attached hydrogen (secondary N) is 1. The number of aliphatic hydroxyl groups excluding tert-OH is 1. The molecule has 1 aliphatic rings. The minimum atomic E-state index is -0.187. The molecule has 0 aromatic carbocycles. The van der Waals surface area contributed by atoms with Gasteiger partial charge in [-0.3, -0.25) is 9.48 Å². The molecule has 1 aromatic rings. The normalized spacial score (nSPS) is 22.2. The van der Waals surface area contributed by atoms with Crippen LogP contribution in [0.5, 0.6) is 0 Å². The van der Waals surface area contributed by atoms with Crippen molar-refractivity contribution in [2.45, 2.75) is 31.4 Å². The maximum Gasteiger partial charge on any atom is 0.220 e. The van der Waals surface area contributed by atoms with Gasteiger partial charge in [0.2, 0.25) is 5.91 Å². The molecule has 0 spiro atoms. The molecule has 0 unspecified atom stereocenters. The van der Waals surface area contributed by atoms with Gasteiger partial charge in [0.15, 0.2) is 0 Å². The van der Waals surface area contributed by atoms with Gasteiger partial charge in [0.05, 0.1) is 32.1 Å². The Morgan fingerprint density at radius 2 is 2.52 bits per heavy atom. The van der Waals surface area contributed by atoms with Crippen LogP contribution in [0.1, 0.15) is 18.4 Å². The summed E-state index contributed by atoms with van der Waals surface area (Å²) in [5, 5.41) is 15.9. The highest BCUT2D eigenvalue weighted by Gasteiger charge is 2.27. The third-order valence-electron chi connectivity index (χ3n) is 3.47. The molecule has 0 aliphatic carbocycles. The number of aromatic nitrogens is 2. The lowest BCUT2D eigenvalue weighted by Gasteiger charge is -2.32. The van der Waals surface area contributed by atoms with Gasteiger partial charge >= 0.3 is 0 Å². The van der Waals surface area contributed by atoms with Crippen LogP contribution in [-0.4, -0.2) is 59.4 Å². The van der Waals surface area contributed by atoms with Crippen molar-refractivity contribution in [3.63, 3.8) is 0 Å². The Bertz CT molecular complexity index is 449. The van der Waals surface area contributed by atoms with E-state index in [9.17, 15) is 4.79 Å². The van der Waals surface area contributed by atoms with Crippen molar-refractivity contribution in [3.8, 4) is 0 Å². The fraction of sp³-hybridized carbons (Fsp3) is 0.714. The molecule has 7 heteroatoms. The number of amides is 1. The van der Waals surface area contributed by atoms with E-state index in [1.165, 1.54) is 0 Å². The molecule has 1 saturated heterocycles. The van der Waals surface area contributed by atoms with E-state index in [0.29, 0.717) is 26.1 Å². The monoisotopic (exact) mass is 297 g/mol. The predicted molar refractivity (Wildman–Crippen MR) is 75.7 cm³/mol. The van der Waals surface area contributed by atoms with Crippen molar-refractivity contribution in [1.82, 2.24) is 15.1 Å². The van der Waals surface area contributed by atoms with Crippen LogP contribution >= 0.6 is 0 Å². The Morgan fingerprint density at radius 3 is 3.24 bits per heavy atom. The highest BCUT2D eigenvalue weighted by Crippen LogP contribution is 2.12. The average Bonchev–Trinajstić information content (AvgIpc) is 2.90. The zero-order chi connectivity index (χ0) is 15.1. The lowest BCUT2D eigenvalue weighted by atomic mass is 10.1. The summed E-state index contributed by atoms with van der Waals surface area (Å²) in [6.07, 6.45) is 5.33. The first-order chi connectivity index (χ1) is 10.2. The molecular weight excluding hydrogens is 274 g/mol. The summed E-state index contributed by atoms with van der Waals surface area (Å²) >= 11 is 0. The second kappa shape index (κ2) is 8.11. The second-order valence-electron chi connectivity index (χ2n) is 5.19. The van der Waals surface area contributed by atoms with E-state index in [2.05, 4.69) is 10.4 Å². The first-order valence-corrected chi connectivity index (χ1v) is 7.26. The molecule has 1 amide bonds. The summed E-state index contributed by atoms with van der Waals surface area (Å²) in [5.41, 5.74) is 1.05. The second-order valence-corrected chi connectivity index (χ2v) is 5.19. The summed E-state index contributed by atoms with van der Waals surface area (Å²) in [5.74, 6) is 0.00310. The Balaban J connectivity index is 1.76. The first kappa shape index (κ1) is 15.9. The van der Waals surface area contributed by atoms with E-state index in [-0.39, 0.29) is 31.3 Å². The van der Waals surface area contributed by atoms with E-state index in [1.807, 2.05) is 13.2 Å². The van der Waals surface area contributed by atoms with E-state index in [4.69, 9.17) is 14.6 Å². The minimum absolute atomic E-state index is 0.00310. The Labute approximate surface area is 124 Å². The van der Waals surface area contributed by atoms with Crippen molar-refractivity contribution >= 4 is 5.91 Å². The number of hydrogen-bond donors (Lipinski definition) is 2. The van der Waals surface area contributed by atoms with E-state index in [0.717, 1.165) is 12.0 Å². The highest BCUT2D eigenvalue weighted by atomic mass is 16.5. The van der Waals surface area contributed by atoms with Crippen LogP contribution in [0.3, 0.4) is 0 Å². The number of hydrogen-bond acceptors (Lipinski definition) is 5. The van der Waals surface area contributed by atoms with Gasteiger partial charge in [-0.25, -0.2) is 0 Å². The third-order valence-corrected chi connectivity index (χ3v) is 3.47. The number of rotatable bonds is 7. The van der Waals surface area contributed by atoms with Crippen molar-refractivity contribution in [3.05, 3.63) is 18.0 Å². The molecular formula is C14H23N3O4. The largest absolute Gasteiger partial charge is 0.394 e. The molecule has 0 saturated carbocycles. The summed E-state index contributed by atoms with van der Waals surface area (Å²) in [6.45, 7) is 1.30. The predicted octanol–water partition coefficient (Wildman–Crippen LogP) is -0.365. The van der Waals surface area contributed by atoms with Gasteiger partial charge in [-0.1, -0.05) is 0 Å². The molecule has 1 aliphatic heterocycles. The number of carbonyl (C=O) groups excluding carboxylic acids is 1. The molecule has 1 aromatic heterocycles. The van der Waals surface area contributed by atoms with Crippen LogP contribution in [0.15, 0.2) is 12.4 Å².